The Balaban J connectivity index is 2.55. The Morgan fingerprint density at radius 1 is 1.45 bits per heavy atom. The first-order valence-electron chi connectivity index (χ1n) is 5.82. The van der Waals surface area contributed by atoms with Crippen LogP contribution in [0.15, 0.2) is 12.1 Å². The Morgan fingerprint density at radius 3 is 2.70 bits per heavy atom. The van der Waals surface area contributed by atoms with Crippen LogP contribution in [0.25, 0.3) is 11.0 Å². The molecule has 5 nitrogen and oxygen atoms in total. The molecule has 0 aliphatic rings. The third-order valence-electron chi connectivity index (χ3n) is 2.91. The van der Waals surface area contributed by atoms with Gasteiger partial charge in [0.05, 0.1) is 29.8 Å². The summed E-state index contributed by atoms with van der Waals surface area (Å²) in [7, 11) is -1.75. The molecule has 8 heteroatoms. The first kappa shape index (κ1) is 15.1. The van der Waals surface area contributed by atoms with E-state index in [-0.39, 0.29) is 23.9 Å². The molecule has 0 N–H and O–H groups in total. The SMILES string of the molecule is COc1cc2c(cc1F)nc(CCl)n2CCS(C)(=O)=O. The number of hydrogen-bond acceptors (Lipinski definition) is 4. The van der Waals surface area contributed by atoms with E-state index < -0.39 is 15.7 Å². The van der Waals surface area contributed by atoms with E-state index in [0.717, 1.165) is 6.26 Å². The van der Waals surface area contributed by atoms with Crippen LogP contribution in [0.5, 0.6) is 5.75 Å². The molecule has 0 amide bonds. The van der Waals surface area contributed by atoms with Crippen LogP contribution in [0, 0.1) is 5.82 Å². The van der Waals surface area contributed by atoms with Gasteiger partial charge in [0, 0.05) is 24.9 Å². The van der Waals surface area contributed by atoms with Crippen molar-refractivity contribution in [3.8, 4) is 5.75 Å². The highest BCUT2D eigenvalue weighted by Crippen LogP contribution is 2.26. The van der Waals surface area contributed by atoms with E-state index in [9.17, 15) is 12.8 Å². The van der Waals surface area contributed by atoms with Crippen molar-refractivity contribution in [3.63, 3.8) is 0 Å². The van der Waals surface area contributed by atoms with Crippen molar-refractivity contribution in [3.05, 3.63) is 23.8 Å². The smallest absolute Gasteiger partial charge is 0.167 e. The normalized spacial score (nSPS) is 12.0. The third-order valence-corrected chi connectivity index (χ3v) is 4.07. The number of hydrogen-bond donors (Lipinski definition) is 0. The zero-order chi connectivity index (χ0) is 14.9. The average Bonchev–Trinajstić information content (AvgIpc) is 2.71. The number of benzene rings is 1. The maximum absolute atomic E-state index is 13.6. The Kier molecular flexibility index (Phi) is 4.19. The molecule has 110 valence electrons. The number of nitrogens with zero attached hydrogens (tertiary/aromatic N) is 2. The van der Waals surface area contributed by atoms with Crippen LogP contribution in [0.3, 0.4) is 0 Å². The van der Waals surface area contributed by atoms with Crippen molar-refractivity contribution in [2.75, 3.05) is 19.1 Å². The second-order valence-electron chi connectivity index (χ2n) is 4.42. The number of halogens is 2. The summed E-state index contributed by atoms with van der Waals surface area (Å²) in [5.41, 5.74) is 1.02. The molecule has 2 aromatic rings. The monoisotopic (exact) mass is 320 g/mol. The summed E-state index contributed by atoms with van der Waals surface area (Å²) in [5.74, 6) is 0.135. The van der Waals surface area contributed by atoms with Crippen molar-refractivity contribution in [1.82, 2.24) is 9.55 Å². The molecule has 1 heterocycles. The van der Waals surface area contributed by atoms with E-state index >= 15 is 0 Å². The van der Waals surface area contributed by atoms with Crippen molar-refractivity contribution in [2.45, 2.75) is 12.4 Å². The highest BCUT2D eigenvalue weighted by atomic mass is 35.5. The molecule has 0 bridgehead atoms. The lowest BCUT2D eigenvalue weighted by Crippen LogP contribution is -2.13. The van der Waals surface area contributed by atoms with Gasteiger partial charge in [-0.2, -0.15) is 0 Å². The lowest BCUT2D eigenvalue weighted by atomic mass is 10.3. The molecule has 0 saturated heterocycles. The Morgan fingerprint density at radius 2 is 2.15 bits per heavy atom. The topological polar surface area (TPSA) is 61.2 Å². The molecule has 0 fully saturated rings. The van der Waals surface area contributed by atoms with Crippen LogP contribution in [0.4, 0.5) is 4.39 Å². The molecule has 0 saturated carbocycles. The maximum Gasteiger partial charge on any atom is 0.167 e. The molecule has 0 spiro atoms. The van der Waals surface area contributed by atoms with Gasteiger partial charge in [-0.15, -0.1) is 11.6 Å². The highest BCUT2D eigenvalue weighted by molar-refractivity contribution is 7.90. The van der Waals surface area contributed by atoms with Gasteiger partial charge < -0.3 is 9.30 Å². The summed E-state index contributed by atoms with van der Waals surface area (Å²) in [5, 5.41) is 0. The molecule has 1 aromatic carbocycles. The summed E-state index contributed by atoms with van der Waals surface area (Å²) < 4.78 is 42.8. The van der Waals surface area contributed by atoms with E-state index in [0.29, 0.717) is 16.9 Å². The minimum atomic E-state index is -3.11. The van der Waals surface area contributed by atoms with Crippen molar-refractivity contribution < 1.29 is 17.5 Å². The lowest BCUT2D eigenvalue weighted by Gasteiger charge is -2.08. The Bertz CT molecular complexity index is 743. The number of rotatable bonds is 5. The molecule has 0 aliphatic carbocycles. The first-order valence-corrected chi connectivity index (χ1v) is 8.41. The molecule has 0 atom stereocenters. The third kappa shape index (κ3) is 3.04. The summed E-state index contributed by atoms with van der Waals surface area (Å²) in [6.07, 6.45) is 1.16. The molecule has 0 aliphatic heterocycles. The average molecular weight is 321 g/mol. The van der Waals surface area contributed by atoms with Gasteiger partial charge in [-0.1, -0.05) is 0 Å². The van der Waals surface area contributed by atoms with E-state index in [2.05, 4.69) is 4.98 Å². The van der Waals surface area contributed by atoms with Gasteiger partial charge in [0.25, 0.3) is 0 Å². The predicted octanol–water partition coefficient (Wildman–Crippen LogP) is 1.97. The van der Waals surface area contributed by atoms with Crippen LogP contribution in [0.2, 0.25) is 0 Å². The standard InChI is InChI=1S/C12H14ClFN2O3S/c1-19-11-6-10-9(5-8(11)14)15-12(7-13)16(10)3-4-20(2,17)18/h5-6H,3-4,7H2,1-2H3. The summed E-state index contributed by atoms with van der Waals surface area (Å²) in [6, 6.07) is 2.75. The second kappa shape index (κ2) is 5.57. The summed E-state index contributed by atoms with van der Waals surface area (Å²) >= 11 is 5.81. The predicted molar refractivity (Wildman–Crippen MR) is 75.5 cm³/mol. The molecule has 0 unspecified atom stereocenters. The number of alkyl halides is 1. The number of aryl methyl sites for hydroxylation is 1. The number of ether oxygens (including phenoxy) is 1. The van der Waals surface area contributed by atoms with Crippen LogP contribution < -0.4 is 4.74 Å². The van der Waals surface area contributed by atoms with Crippen LogP contribution in [-0.2, 0) is 22.3 Å². The molecular weight excluding hydrogens is 307 g/mol. The van der Waals surface area contributed by atoms with Crippen LogP contribution in [0.1, 0.15) is 5.82 Å². The highest BCUT2D eigenvalue weighted by Gasteiger charge is 2.15. The van der Waals surface area contributed by atoms with Crippen molar-refractivity contribution in [1.29, 1.82) is 0 Å². The zero-order valence-corrected chi connectivity index (χ0v) is 12.6. The van der Waals surface area contributed by atoms with Gasteiger partial charge in [-0.05, 0) is 0 Å². The first-order chi connectivity index (χ1) is 9.35. The lowest BCUT2D eigenvalue weighted by molar-refractivity contribution is 0.387. The molecule has 20 heavy (non-hydrogen) atoms. The van der Waals surface area contributed by atoms with E-state index in [1.807, 2.05) is 0 Å². The zero-order valence-electron chi connectivity index (χ0n) is 11.1. The number of fused-ring (bicyclic) bond motifs is 1. The summed E-state index contributed by atoms with van der Waals surface area (Å²) in [4.78, 5) is 4.21. The van der Waals surface area contributed by atoms with Crippen molar-refractivity contribution in [2.24, 2.45) is 0 Å². The van der Waals surface area contributed by atoms with Crippen LogP contribution in [-0.4, -0.2) is 37.1 Å². The Hall–Kier alpha value is -1.34. The minimum Gasteiger partial charge on any atom is -0.494 e. The van der Waals surface area contributed by atoms with Gasteiger partial charge in [0.15, 0.2) is 11.6 Å². The van der Waals surface area contributed by atoms with Gasteiger partial charge in [0.2, 0.25) is 0 Å². The number of aromatic nitrogens is 2. The quantitative estimate of drug-likeness (QED) is 0.790. The van der Waals surface area contributed by atoms with E-state index in [1.54, 1.807) is 4.57 Å². The number of sulfone groups is 1. The largest absolute Gasteiger partial charge is 0.494 e. The van der Waals surface area contributed by atoms with Gasteiger partial charge in [-0.25, -0.2) is 17.8 Å². The molecule has 0 radical (unpaired) electrons. The van der Waals surface area contributed by atoms with E-state index in [1.165, 1.54) is 19.2 Å². The second-order valence-corrected chi connectivity index (χ2v) is 6.95. The number of imidazole rings is 1. The van der Waals surface area contributed by atoms with Gasteiger partial charge in [0.1, 0.15) is 15.7 Å². The van der Waals surface area contributed by atoms with Crippen LogP contribution >= 0.6 is 11.6 Å². The van der Waals surface area contributed by atoms with Gasteiger partial charge >= 0.3 is 0 Å². The fraction of sp³-hybridized carbons (Fsp3) is 0.417. The molecular formula is C12H14ClFN2O3S. The molecule has 1 aromatic heterocycles. The maximum atomic E-state index is 13.6. The minimum absolute atomic E-state index is 0.0396. The Labute approximate surface area is 121 Å². The van der Waals surface area contributed by atoms with Gasteiger partial charge in [-0.3, -0.25) is 0 Å². The van der Waals surface area contributed by atoms with Crippen molar-refractivity contribution >= 4 is 32.5 Å². The molecule has 2 rings (SSSR count). The van der Waals surface area contributed by atoms with E-state index in [4.69, 9.17) is 16.3 Å². The fourth-order valence-corrected chi connectivity index (χ4v) is 2.66. The fourth-order valence-electron chi connectivity index (χ4n) is 1.94. The number of methoxy groups -OCH3 is 1. The summed E-state index contributed by atoms with van der Waals surface area (Å²) in [6.45, 7) is 0.214.